The fourth-order valence-electron chi connectivity index (χ4n) is 7.40. The molecule has 2 aromatic rings. The second-order valence-electron chi connectivity index (χ2n) is 10.4. The van der Waals surface area contributed by atoms with Gasteiger partial charge in [0.2, 0.25) is 5.88 Å². The number of phenolic OH excluding ortho intramolecular Hbond substituents is 1. The number of hydrogen-bond acceptors (Lipinski definition) is 4. The fourth-order valence-corrected chi connectivity index (χ4v) is 7.40. The van der Waals surface area contributed by atoms with Crippen molar-refractivity contribution in [3.8, 4) is 11.6 Å². The van der Waals surface area contributed by atoms with Crippen LogP contribution in [-0.2, 0) is 6.42 Å². The molecule has 1 N–H and O–H groups in total. The Balaban J connectivity index is 1.28. The number of ether oxygens (including phenoxy) is 1. The molecule has 3 aliphatic carbocycles. The van der Waals surface area contributed by atoms with Gasteiger partial charge >= 0.3 is 0 Å². The molecule has 0 saturated heterocycles. The van der Waals surface area contributed by atoms with Crippen molar-refractivity contribution in [1.82, 2.24) is 4.98 Å². The quantitative estimate of drug-likeness (QED) is 0.624. The van der Waals surface area contributed by atoms with Crippen LogP contribution in [0.4, 0.5) is 0 Å². The molecule has 1 heterocycles. The van der Waals surface area contributed by atoms with Crippen molar-refractivity contribution in [2.75, 3.05) is 6.61 Å². The summed E-state index contributed by atoms with van der Waals surface area (Å²) in [4.78, 5) is 15.0. The van der Waals surface area contributed by atoms with Crippen molar-refractivity contribution >= 4 is 6.29 Å². The summed E-state index contributed by atoms with van der Waals surface area (Å²) in [5.74, 6) is 4.54. The summed E-state index contributed by atoms with van der Waals surface area (Å²) in [7, 11) is 0. The second kappa shape index (κ2) is 7.96. The highest BCUT2D eigenvalue weighted by Gasteiger charge is 2.55. The van der Waals surface area contributed by atoms with E-state index in [4.69, 9.17) is 4.74 Å². The molecule has 0 aliphatic heterocycles. The van der Waals surface area contributed by atoms with Gasteiger partial charge in [0.05, 0.1) is 6.61 Å². The van der Waals surface area contributed by atoms with Crippen LogP contribution in [-0.4, -0.2) is 23.0 Å². The highest BCUT2D eigenvalue weighted by atomic mass is 16.5. The molecule has 2 fully saturated rings. The van der Waals surface area contributed by atoms with Gasteiger partial charge < -0.3 is 9.84 Å². The standard InChI is InChI=1S/C27H33NO3/c1-17-13-19-14-21(30)5-6-22(19)23-9-11-27(2)20(4-7-24(27)26(17)23)10-12-31-25-8-3-18(16-29)15-28-25/h3,5-6,8,14-17,20,23-24,26,30H,4,7,9-13H2,1-2H3/t17-,20-,23?,24?,26?,27-/m1/s1. The smallest absolute Gasteiger partial charge is 0.213 e. The molecule has 31 heavy (non-hydrogen) atoms. The Kier molecular flexibility index (Phi) is 5.27. The third kappa shape index (κ3) is 3.54. The Hall–Kier alpha value is -2.36. The Labute approximate surface area is 185 Å². The summed E-state index contributed by atoms with van der Waals surface area (Å²) in [6.45, 7) is 5.66. The number of benzene rings is 1. The van der Waals surface area contributed by atoms with E-state index in [0.29, 0.717) is 47.0 Å². The Morgan fingerprint density at radius 2 is 2.10 bits per heavy atom. The minimum Gasteiger partial charge on any atom is -0.508 e. The Bertz CT molecular complexity index is 955. The van der Waals surface area contributed by atoms with Crippen molar-refractivity contribution in [3.05, 3.63) is 53.2 Å². The van der Waals surface area contributed by atoms with Gasteiger partial charge in [0.25, 0.3) is 0 Å². The molecule has 164 valence electrons. The van der Waals surface area contributed by atoms with E-state index in [1.54, 1.807) is 18.3 Å². The maximum Gasteiger partial charge on any atom is 0.213 e. The summed E-state index contributed by atoms with van der Waals surface area (Å²) >= 11 is 0. The van der Waals surface area contributed by atoms with Crippen molar-refractivity contribution in [2.45, 2.75) is 58.3 Å². The van der Waals surface area contributed by atoms with Crippen molar-refractivity contribution < 1.29 is 14.6 Å². The molecule has 4 heteroatoms. The normalized spacial score (nSPS) is 33.8. The lowest BCUT2D eigenvalue weighted by Gasteiger charge is -2.53. The first-order valence-corrected chi connectivity index (χ1v) is 11.9. The van der Waals surface area contributed by atoms with Crippen LogP contribution < -0.4 is 4.74 Å². The minimum atomic E-state index is 0.391. The summed E-state index contributed by atoms with van der Waals surface area (Å²) in [5.41, 5.74) is 3.84. The van der Waals surface area contributed by atoms with Crippen LogP contribution in [0.5, 0.6) is 11.6 Å². The molecule has 1 aromatic carbocycles. The third-order valence-corrected chi connectivity index (χ3v) is 8.87. The maximum atomic E-state index is 10.8. The number of aldehydes is 1. The van der Waals surface area contributed by atoms with Crippen LogP contribution >= 0.6 is 0 Å². The molecule has 6 atom stereocenters. The molecule has 1 aromatic heterocycles. The maximum absolute atomic E-state index is 10.8. The predicted molar refractivity (Wildman–Crippen MR) is 120 cm³/mol. The average Bonchev–Trinajstić information content (AvgIpc) is 3.10. The largest absolute Gasteiger partial charge is 0.508 e. The van der Waals surface area contributed by atoms with Gasteiger partial charge in [-0.3, -0.25) is 4.79 Å². The van der Waals surface area contributed by atoms with E-state index in [1.165, 1.54) is 36.8 Å². The zero-order valence-corrected chi connectivity index (χ0v) is 18.6. The van der Waals surface area contributed by atoms with Gasteiger partial charge in [-0.05, 0) is 103 Å². The highest BCUT2D eigenvalue weighted by molar-refractivity contribution is 5.73. The number of carbonyl (C=O) groups excluding carboxylic acids is 1. The number of nitrogens with zero attached hydrogens (tertiary/aromatic N) is 1. The van der Waals surface area contributed by atoms with E-state index >= 15 is 0 Å². The highest BCUT2D eigenvalue weighted by Crippen LogP contribution is 2.64. The van der Waals surface area contributed by atoms with Crippen molar-refractivity contribution in [1.29, 1.82) is 0 Å². The zero-order valence-electron chi connectivity index (χ0n) is 18.6. The van der Waals surface area contributed by atoms with Crippen LogP contribution in [0.25, 0.3) is 0 Å². The first kappa shape index (κ1) is 20.5. The van der Waals surface area contributed by atoms with Gasteiger partial charge in [-0.25, -0.2) is 4.98 Å². The number of carbonyl (C=O) groups is 1. The minimum absolute atomic E-state index is 0.391. The van der Waals surface area contributed by atoms with E-state index in [9.17, 15) is 9.90 Å². The van der Waals surface area contributed by atoms with E-state index in [2.05, 4.69) is 24.9 Å². The van der Waals surface area contributed by atoms with Crippen molar-refractivity contribution in [3.63, 3.8) is 0 Å². The molecule has 0 spiro atoms. The predicted octanol–water partition coefficient (Wildman–Crippen LogP) is 5.79. The summed E-state index contributed by atoms with van der Waals surface area (Å²) < 4.78 is 5.93. The van der Waals surface area contributed by atoms with Gasteiger partial charge in [0.15, 0.2) is 6.29 Å². The van der Waals surface area contributed by atoms with Crippen LogP contribution in [0.15, 0.2) is 36.5 Å². The second-order valence-corrected chi connectivity index (χ2v) is 10.4. The zero-order chi connectivity index (χ0) is 21.6. The SMILES string of the molecule is C[C@@H]1Cc2cc(O)ccc2C2CC[C@@]3(C)C(CC[C@@H]3CCOc3ccc(C=O)cn3)C21. The first-order chi connectivity index (χ1) is 15.0. The van der Waals surface area contributed by atoms with E-state index in [0.717, 1.165) is 31.0 Å². The van der Waals surface area contributed by atoms with Gasteiger partial charge in [-0.15, -0.1) is 0 Å². The molecule has 3 aliphatic rings. The van der Waals surface area contributed by atoms with E-state index in [-0.39, 0.29) is 0 Å². The third-order valence-electron chi connectivity index (χ3n) is 8.87. The van der Waals surface area contributed by atoms with Crippen molar-refractivity contribution in [2.24, 2.45) is 29.1 Å². The Morgan fingerprint density at radius 3 is 2.87 bits per heavy atom. The lowest BCUT2D eigenvalue weighted by Crippen LogP contribution is -2.45. The average molecular weight is 420 g/mol. The molecular formula is C27H33NO3. The lowest BCUT2D eigenvalue weighted by atomic mass is 9.51. The monoisotopic (exact) mass is 419 g/mol. The molecule has 5 rings (SSSR count). The summed E-state index contributed by atoms with van der Waals surface area (Å²) in [5, 5.41) is 9.96. The number of pyridine rings is 1. The molecule has 2 saturated carbocycles. The number of fused-ring (bicyclic) bond motifs is 5. The number of aromatic nitrogens is 1. The first-order valence-electron chi connectivity index (χ1n) is 11.9. The molecule has 3 unspecified atom stereocenters. The number of hydrogen-bond donors (Lipinski definition) is 1. The van der Waals surface area contributed by atoms with Gasteiger partial charge in [0.1, 0.15) is 5.75 Å². The van der Waals surface area contributed by atoms with Crippen LogP contribution in [0.1, 0.15) is 73.4 Å². The van der Waals surface area contributed by atoms with Gasteiger partial charge in [-0.2, -0.15) is 0 Å². The molecule has 0 amide bonds. The lowest BCUT2D eigenvalue weighted by molar-refractivity contribution is 0.000806. The van der Waals surface area contributed by atoms with E-state index < -0.39 is 0 Å². The van der Waals surface area contributed by atoms with E-state index in [1.807, 2.05) is 12.1 Å². The Morgan fingerprint density at radius 1 is 1.23 bits per heavy atom. The number of rotatable bonds is 5. The molecule has 0 radical (unpaired) electrons. The molecular weight excluding hydrogens is 386 g/mol. The summed E-state index contributed by atoms with van der Waals surface area (Å²) in [6.07, 6.45) is 9.69. The molecule has 0 bridgehead atoms. The van der Waals surface area contributed by atoms with Gasteiger partial charge in [0, 0.05) is 17.8 Å². The van der Waals surface area contributed by atoms with Crippen LogP contribution in [0.3, 0.4) is 0 Å². The molecule has 4 nitrogen and oxygen atoms in total. The van der Waals surface area contributed by atoms with Crippen LogP contribution in [0, 0.1) is 29.1 Å². The van der Waals surface area contributed by atoms with Gasteiger partial charge in [-0.1, -0.05) is 19.9 Å². The summed E-state index contributed by atoms with van der Waals surface area (Å²) in [6, 6.07) is 9.61. The van der Waals surface area contributed by atoms with Crippen LogP contribution in [0.2, 0.25) is 0 Å². The number of aromatic hydroxyl groups is 1. The topological polar surface area (TPSA) is 59.4 Å². The fraction of sp³-hybridized carbons (Fsp3) is 0.556. The number of phenols is 1.